The van der Waals surface area contributed by atoms with Crippen molar-refractivity contribution in [2.75, 3.05) is 36.5 Å². The number of likely N-dealkylation sites (N-methyl/N-ethyl adjacent to an activating group) is 1. The van der Waals surface area contributed by atoms with Crippen molar-refractivity contribution in [3.63, 3.8) is 0 Å². The molecule has 3 amide bonds. The Bertz CT molecular complexity index is 977. The number of fused-ring (bicyclic) bond motifs is 1. The Hall–Kier alpha value is -2.71. The molecular weight excluding hydrogens is 422 g/mol. The summed E-state index contributed by atoms with van der Waals surface area (Å²) < 4.78 is 0. The summed E-state index contributed by atoms with van der Waals surface area (Å²) in [6.45, 7) is 2.99. The van der Waals surface area contributed by atoms with Crippen molar-refractivity contribution in [3.05, 3.63) is 35.9 Å². The molecule has 2 N–H and O–H groups in total. The van der Waals surface area contributed by atoms with E-state index in [-0.39, 0.29) is 30.9 Å². The van der Waals surface area contributed by atoms with Gasteiger partial charge in [-0.1, -0.05) is 19.1 Å². The molecule has 1 aromatic rings. The standard InChI is InChI=1S/C25H33N3O5/c1-17(7-5-10-23(31)28-14-6-8-19(28)16-29)25(33)20-15-18(27-13-4-3-9-22(27)30)11-12-21(20)26(2)24(25)32/h5,7,11-12,15,17,19,29,33H,3-4,6,8-10,13-14,16H2,1-2H3/b7-5+/t17-,19-,25+/m0/s1. The van der Waals surface area contributed by atoms with E-state index >= 15 is 0 Å². The number of nitrogens with zero attached hydrogens (tertiary/aromatic N) is 3. The minimum absolute atomic E-state index is 0.0366. The molecule has 3 atom stereocenters. The highest BCUT2D eigenvalue weighted by Crippen LogP contribution is 2.46. The molecule has 1 aromatic carbocycles. The molecule has 0 bridgehead atoms. The summed E-state index contributed by atoms with van der Waals surface area (Å²) in [4.78, 5) is 42.9. The van der Waals surface area contributed by atoms with Crippen LogP contribution in [0.2, 0.25) is 0 Å². The number of benzene rings is 1. The van der Waals surface area contributed by atoms with Crippen molar-refractivity contribution in [1.29, 1.82) is 0 Å². The second-order valence-corrected chi connectivity index (χ2v) is 9.32. The molecule has 0 aliphatic carbocycles. The lowest BCUT2D eigenvalue weighted by Crippen LogP contribution is -2.43. The number of hydrogen-bond donors (Lipinski definition) is 2. The lowest BCUT2D eigenvalue weighted by molar-refractivity contribution is -0.139. The summed E-state index contributed by atoms with van der Waals surface area (Å²) in [5.74, 6) is -1.02. The number of piperidine rings is 1. The Kier molecular flexibility index (Phi) is 6.59. The summed E-state index contributed by atoms with van der Waals surface area (Å²) in [6.07, 6.45) is 7.55. The van der Waals surface area contributed by atoms with E-state index < -0.39 is 17.4 Å². The van der Waals surface area contributed by atoms with Gasteiger partial charge in [-0.3, -0.25) is 14.4 Å². The third-order valence-electron chi connectivity index (χ3n) is 7.30. The van der Waals surface area contributed by atoms with Crippen LogP contribution in [0, 0.1) is 5.92 Å². The van der Waals surface area contributed by atoms with Gasteiger partial charge in [-0.15, -0.1) is 0 Å². The van der Waals surface area contributed by atoms with Gasteiger partial charge in [0.15, 0.2) is 5.60 Å². The van der Waals surface area contributed by atoms with Gasteiger partial charge >= 0.3 is 0 Å². The van der Waals surface area contributed by atoms with E-state index in [0.29, 0.717) is 36.4 Å². The largest absolute Gasteiger partial charge is 0.394 e. The van der Waals surface area contributed by atoms with Gasteiger partial charge < -0.3 is 24.9 Å². The molecule has 0 spiro atoms. The molecule has 0 radical (unpaired) electrons. The van der Waals surface area contributed by atoms with Gasteiger partial charge in [0.1, 0.15) is 0 Å². The Morgan fingerprint density at radius 1 is 1.24 bits per heavy atom. The molecule has 4 rings (SSSR count). The average molecular weight is 456 g/mol. The van der Waals surface area contributed by atoms with Crippen LogP contribution >= 0.6 is 0 Å². The fourth-order valence-corrected chi connectivity index (χ4v) is 5.27. The van der Waals surface area contributed by atoms with E-state index in [1.165, 1.54) is 4.90 Å². The number of anilines is 2. The lowest BCUT2D eigenvalue weighted by atomic mass is 9.82. The zero-order chi connectivity index (χ0) is 23.8. The maximum absolute atomic E-state index is 13.1. The van der Waals surface area contributed by atoms with Crippen molar-refractivity contribution in [1.82, 2.24) is 4.90 Å². The van der Waals surface area contributed by atoms with Crippen molar-refractivity contribution in [2.45, 2.75) is 57.1 Å². The maximum Gasteiger partial charge on any atom is 0.264 e. The van der Waals surface area contributed by atoms with E-state index in [0.717, 1.165) is 25.7 Å². The van der Waals surface area contributed by atoms with E-state index in [9.17, 15) is 24.6 Å². The number of likely N-dealkylation sites (tertiary alicyclic amines) is 1. The van der Waals surface area contributed by atoms with E-state index in [1.807, 2.05) is 6.07 Å². The van der Waals surface area contributed by atoms with Crippen LogP contribution in [0.1, 0.15) is 51.0 Å². The number of amides is 3. The van der Waals surface area contributed by atoms with Gasteiger partial charge in [0.2, 0.25) is 11.8 Å². The quantitative estimate of drug-likeness (QED) is 0.639. The maximum atomic E-state index is 13.1. The molecule has 8 heteroatoms. The third-order valence-corrected chi connectivity index (χ3v) is 7.30. The van der Waals surface area contributed by atoms with Crippen molar-refractivity contribution < 1.29 is 24.6 Å². The number of carbonyl (C=O) groups excluding carboxylic acids is 3. The fourth-order valence-electron chi connectivity index (χ4n) is 5.27. The monoisotopic (exact) mass is 455 g/mol. The lowest BCUT2D eigenvalue weighted by Gasteiger charge is -2.30. The number of aliphatic hydroxyl groups excluding tert-OH is 1. The first kappa shape index (κ1) is 23.4. The molecule has 3 heterocycles. The molecule has 0 saturated carbocycles. The summed E-state index contributed by atoms with van der Waals surface area (Å²) in [5, 5.41) is 21.1. The molecule has 8 nitrogen and oxygen atoms in total. The first-order valence-electron chi connectivity index (χ1n) is 11.8. The summed E-state index contributed by atoms with van der Waals surface area (Å²) in [5.41, 5.74) is 0.0132. The first-order chi connectivity index (χ1) is 15.8. The first-order valence-corrected chi connectivity index (χ1v) is 11.8. The molecule has 3 aliphatic rings. The van der Waals surface area contributed by atoms with Crippen LogP contribution in [0.5, 0.6) is 0 Å². The molecule has 3 aliphatic heterocycles. The average Bonchev–Trinajstić information content (AvgIpc) is 3.37. The predicted molar refractivity (Wildman–Crippen MR) is 125 cm³/mol. The number of hydrogen-bond acceptors (Lipinski definition) is 5. The van der Waals surface area contributed by atoms with Crippen LogP contribution in [-0.4, -0.2) is 65.6 Å². The van der Waals surface area contributed by atoms with E-state index in [2.05, 4.69) is 0 Å². The van der Waals surface area contributed by atoms with Crippen molar-refractivity contribution in [3.8, 4) is 0 Å². The van der Waals surface area contributed by atoms with Crippen LogP contribution < -0.4 is 9.80 Å². The second kappa shape index (κ2) is 9.27. The SMILES string of the molecule is C[C@@H](/C=C/CC(=O)N1CCC[C@H]1CO)[C@]1(O)C(=O)N(C)c2ccc(N3CCCCC3=O)cc21. The Morgan fingerprint density at radius 3 is 2.76 bits per heavy atom. The predicted octanol–water partition coefficient (Wildman–Crippen LogP) is 1.93. The minimum atomic E-state index is -1.78. The smallest absolute Gasteiger partial charge is 0.264 e. The number of aliphatic hydroxyl groups is 2. The highest BCUT2D eigenvalue weighted by atomic mass is 16.3. The topological polar surface area (TPSA) is 101 Å². The van der Waals surface area contributed by atoms with Crippen LogP contribution in [0.15, 0.2) is 30.4 Å². The summed E-state index contributed by atoms with van der Waals surface area (Å²) >= 11 is 0. The zero-order valence-electron chi connectivity index (χ0n) is 19.4. The van der Waals surface area contributed by atoms with Crippen LogP contribution in [-0.2, 0) is 20.0 Å². The molecular formula is C25H33N3O5. The van der Waals surface area contributed by atoms with E-state index in [4.69, 9.17) is 0 Å². The van der Waals surface area contributed by atoms with Gasteiger partial charge in [-0.2, -0.15) is 0 Å². The normalized spacial score (nSPS) is 26.4. The Morgan fingerprint density at radius 2 is 2.03 bits per heavy atom. The van der Waals surface area contributed by atoms with Crippen LogP contribution in [0.25, 0.3) is 0 Å². The third kappa shape index (κ3) is 4.06. The molecule has 178 valence electrons. The highest BCUT2D eigenvalue weighted by molar-refractivity contribution is 6.07. The van der Waals surface area contributed by atoms with Gasteiger partial charge in [0, 0.05) is 50.1 Å². The van der Waals surface area contributed by atoms with Crippen molar-refractivity contribution in [2.24, 2.45) is 5.92 Å². The molecule has 0 aromatic heterocycles. The van der Waals surface area contributed by atoms with Gasteiger partial charge in [0.05, 0.1) is 18.3 Å². The highest BCUT2D eigenvalue weighted by Gasteiger charge is 2.51. The number of carbonyl (C=O) groups is 3. The summed E-state index contributed by atoms with van der Waals surface area (Å²) in [7, 11) is 1.63. The van der Waals surface area contributed by atoms with Crippen molar-refractivity contribution >= 4 is 29.1 Å². The van der Waals surface area contributed by atoms with Crippen LogP contribution in [0.4, 0.5) is 11.4 Å². The van der Waals surface area contributed by atoms with E-state index in [1.54, 1.807) is 48.1 Å². The molecule has 33 heavy (non-hydrogen) atoms. The second-order valence-electron chi connectivity index (χ2n) is 9.32. The van der Waals surface area contributed by atoms with Crippen LogP contribution in [0.3, 0.4) is 0 Å². The minimum Gasteiger partial charge on any atom is -0.394 e. The van der Waals surface area contributed by atoms with Gasteiger partial charge in [-0.05, 0) is 43.9 Å². The number of rotatable bonds is 6. The van der Waals surface area contributed by atoms with Gasteiger partial charge in [0.25, 0.3) is 5.91 Å². The fraction of sp³-hybridized carbons (Fsp3) is 0.560. The molecule has 0 unspecified atom stereocenters. The summed E-state index contributed by atoms with van der Waals surface area (Å²) in [6, 6.07) is 5.24. The zero-order valence-corrected chi connectivity index (χ0v) is 19.4. The Balaban J connectivity index is 1.55. The Labute approximate surface area is 194 Å². The molecule has 2 saturated heterocycles. The molecule has 2 fully saturated rings. The van der Waals surface area contributed by atoms with Gasteiger partial charge in [-0.25, -0.2) is 0 Å².